The Kier molecular flexibility index (Phi) is 5.01. The quantitative estimate of drug-likeness (QED) is 0.646. The molecule has 0 fully saturated rings. The third kappa shape index (κ3) is 3.77. The molecule has 0 aliphatic carbocycles. The number of hydrogen-bond donors (Lipinski definition) is 0. The van der Waals surface area contributed by atoms with Crippen molar-refractivity contribution < 1.29 is 14.3 Å². The van der Waals surface area contributed by atoms with Crippen LogP contribution in [0.1, 0.15) is 15.2 Å². The monoisotopic (exact) mass is 400 g/mol. The number of halogens is 1. The van der Waals surface area contributed by atoms with E-state index >= 15 is 0 Å². The third-order valence-corrected chi connectivity index (χ3v) is 5.54. The fourth-order valence-electron chi connectivity index (χ4n) is 2.85. The number of carbonyl (C=O) groups is 1. The van der Waals surface area contributed by atoms with Crippen LogP contribution in [0.4, 0.5) is 0 Å². The number of benzene rings is 2. The van der Waals surface area contributed by atoms with Gasteiger partial charge in [0.1, 0.15) is 23.1 Å². The largest absolute Gasteiger partial charge is 0.486 e. The van der Waals surface area contributed by atoms with Crippen LogP contribution in [0.15, 0.2) is 48.7 Å². The van der Waals surface area contributed by atoms with Crippen LogP contribution in [0.5, 0.6) is 11.5 Å². The van der Waals surface area contributed by atoms with Crippen molar-refractivity contribution in [1.82, 2.24) is 9.88 Å². The van der Waals surface area contributed by atoms with Crippen molar-refractivity contribution in [1.29, 1.82) is 0 Å². The number of aromatic nitrogens is 1. The van der Waals surface area contributed by atoms with Gasteiger partial charge in [0.2, 0.25) is 0 Å². The second-order valence-electron chi connectivity index (χ2n) is 6.15. The first-order chi connectivity index (χ1) is 13.1. The van der Waals surface area contributed by atoms with Crippen LogP contribution in [-0.2, 0) is 6.54 Å². The van der Waals surface area contributed by atoms with E-state index < -0.39 is 0 Å². The molecule has 2 aromatic carbocycles. The van der Waals surface area contributed by atoms with Crippen molar-refractivity contribution in [2.24, 2.45) is 0 Å². The number of amides is 1. The number of rotatable bonds is 4. The highest BCUT2D eigenvalue weighted by Gasteiger charge is 2.18. The Morgan fingerprint density at radius 3 is 2.78 bits per heavy atom. The molecule has 1 aliphatic rings. The van der Waals surface area contributed by atoms with Crippen molar-refractivity contribution in [2.75, 3.05) is 20.3 Å². The van der Waals surface area contributed by atoms with Crippen molar-refractivity contribution in [2.45, 2.75) is 6.54 Å². The van der Waals surface area contributed by atoms with E-state index in [1.54, 1.807) is 18.1 Å². The van der Waals surface area contributed by atoms with Gasteiger partial charge in [-0.05, 0) is 23.8 Å². The molecule has 3 aromatic rings. The Morgan fingerprint density at radius 1 is 1.19 bits per heavy atom. The first-order valence-electron chi connectivity index (χ1n) is 8.46. The molecule has 1 amide bonds. The van der Waals surface area contributed by atoms with Gasteiger partial charge < -0.3 is 14.4 Å². The lowest BCUT2D eigenvalue weighted by Crippen LogP contribution is -2.25. The lowest BCUT2D eigenvalue weighted by molar-refractivity contribution is 0.0789. The minimum atomic E-state index is -0.0827. The van der Waals surface area contributed by atoms with Gasteiger partial charge in [0, 0.05) is 19.2 Å². The molecular formula is C20H17ClN2O3S. The zero-order valence-corrected chi connectivity index (χ0v) is 16.2. The molecule has 138 valence electrons. The Morgan fingerprint density at radius 2 is 1.96 bits per heavy atom. The lowest BCUT2D eigenvalue weighted by Gasteiger charge is -2.21. The maximum Gasteiger partial charge on any atom is 0.265 e. The Bertz CT molecular complexity index is 989. The summed E-state index contributed by atoms with van der Waals surface area (Å²) in [4.78, 5) is 19.4. The van der Waals surface area contributed by atoms with Crippen LogP contribution in [0.2, 0.25) is 5.02 Å². The summed E-state index contributed by atoms with van der Waals surface area (Å²) in [5, 5.41) is 1.35. The second kappa shape index (κ2) is 7.58. The van der Waals surface area contributed by atoms with Crippen LogP contribution < -0.4 is 9.47 Å². The van der Waals surface area contributed by atoms with Gasteiger partial charge in [0.15, 0.2) is 11.5 Å². The number of thiazole rings is 1. The fraction of sp³-hybridized carbons (Fsp3) is 0.200. The molecule has 0 saturated heterocycles. The second-order valence-corrected chi connectivity index (χ2v) is 7.59. The van der Waals surface area contributed by atoms with E-state index in [-0.39, 0.29) is 5.91 Å². The minimum absolute atomic E-state index is 0.0827. The van der Waals surface area contributed by atoms with Gasteiger partial charge in [-0.15, -0.1) is 11.3 Å². The van der Waals surface area contributed by atoms with Crippen molar-refractivity contribution in [3.63, 3.8) is 0 Å². The van der Waals surface area contributed by atoms with Crippen LogP contribution in [-0.4, -0.2) is 36.1 Å². The van der Waals surface area contributed by atoms with Crippen molar-refractivity contribution >= 4 is 28.8 Å². The predicted octanol–water partition coefficient (Wildman–Crippen LogP) is 4.51. The van der Waals surface area contributed by atoms with E-state index in [2.05, 4.69) is 4.98 Å². The molecule has 4 rings (SSSR count). The van der Waals surface area contributed by atoms with Crippen LogP contribution in [0.25, 0.3) is 10.6 Å². The zero-order valence-electron chi connectivity index (χ0n) is 14.6. The molecule has 7 heteroatoms. The highest BCUT2D eigenvalue weighted by molar-refractivity contribution is 7.17. The molecule has 2 heterocycles. The summed E-state index contributed by atoms with van der Waals surface area (Å²) in [6, 6.07) is 13.2. The highest BCUT2D eigenvalue weighted by atomic mass is 35.5. The van der Waals surface area contributed by atoms with Gasteiger partial charge in [-0.25, -0.2) is 4.98 Å². The van der Waals surface area contributed by atoms with Gasteiger partial charge in [0.25, 0.3) is 5.91 Å². The lowest BCUT2D eigenvalue weighted by atomic mass is 10.2. The Balaban J connectivity index is 1.49. The highest BCUT2D eigenvalue weighted by Crippen LogP contribution is 2.33. The summed E-state index contributed by atoms with van der Waals surface area (Å²) in [6.07, 6.45) is 1.60. The topological polar surface area (TPSA) is 51.7 Å². The van der Waals surface area contributed by atoms with E-state index in [4.69, 9.17) is 21.1 Å². The molecule has 0 atom stereocenters. The SMILES string of the molecule is CN(Cc1ccc2c(c1)OCCO2)C(=O)c1cnc(-c2ccccc2Cl)s1. The van der Waals surface area contributed by atoms with Crippen molar-refractivity contribution in [3.8, 4) is 22.1 Å². The predicted molar refractivity (Wildman–Crippen MR) is 106 cm³/mol. The average molecular weight is 401 g/mol. The molecule has 0 saturated carbocycles. The average Bonchev–Trinajstić information content (AvgIpc) is 3.17. The standard InChI is InChI=1S/C20H17ClN2O3S/c1-23(12-13-6-7-16-17(10-13)26-9-8-25-16)20(24)18-11-22-19(27-18)14-4-2-3-5-15(14)21/h2-7,10-11H,8-9,12H2,1H3. The molecular weight excluding hydrogens is 384 g/mol. The zero-order chi connectivity index (χ0) is 18.8. The summed E-state index contributed by atoms with van der Waals surface area (Å²) >= 11 is 7.56. The first kappa shape index (κ1) is 17.8. The molecule has 1 aliphatic heterocycles. The van der Waals surface area contributed by atoms with E-state index in [1.807, 2.05) is 42.5 Å². The van der Waals surface area contributed by atoms with Gasteiger partial charge in [-0.1, -0.05) is 35.9 Å². The number of nitrogens with zero attached hydrogens (tertiary/aromatic N) is 2. The number of carbonyl (C=O) groups excluding carboxylic acids is 1. The fourth-order valence-corrected chi connectivity index (χ4v) is 4.08. The van der Waals surface area contributed by atoms with Gasteiger partial charge >= 0.3 is 0 Å². The number of fused-ring (bicyclic) bond motifs is 1. The molecule has 27 heavy (non-hydrogen) atoms. The van der Waals surface area contributed by atoms with Crippen LogP contribution in [0, 0.1) is 0 Å². The molecule has 0 N–H and O–H groups in total. The summed E-state index contributed by atoms with van der Waals surface area (Å²) in [6.45, 7) is 1.57. The number of ether oxygens (including phenoxy) is 2. The number of hydrogen-bond acceptors (Lipinski definition) is 5. The summed E-state index contributed by atoms with van der Waals surface area (Å²) in [5.41, 5.74) is 1.81. The Labute approximate surface area is 166 Å². The van der Waals surface area contributed by atoms with Gasteiger partial charge in [-0.2, -0.15) is 0 Å². The van der Waals surface area contributed by atoms with Gasteiger partial charge in [-0.3, -0.25) is 4.79 Å². The van der Waals surface area contributed by atoms with Crippen LogP contribution >= 0.6 is 22.9 Å². The molecule has 1 aromatic heterocycles. The van der Waals surface area contributed by atoms with Gasteiger partial charge in [0.05, 0.1) is 11.2 Å². The first-order valence-corrected chi connectivity index (χ1v) is 9.66. The van der Waals surface area contributed by atoms with Crippen molar-refractivity contribution in [3.05, 3.63) is 64.1 Å². The Hall–Kier alpha value is -2.57. The smallest absolute Gasteiger partial charge is 0.265 e. The van der Waals surface area contributed by atoms with E-state index in [0.29, 0.717) is 29.7 Å². The van der Waals surface area contributed by atoms with E-state index in [0.717, 1.165) is 27.6 Å². The third-order valence-electron chi connectivity index (χ3n) is 4.19. The summed E-state index contributed by atoms with van der Waals surface area (Å²) in [5.74, 6) is 1.38. The van der Waals surface area contributed by atoms with E-state index in [1.165, 1.54) is 11.3 Å². The molecule has 0 bridgehead atoms. The maximum absolute atomic E-state index is 12.8. The maximum atomic E-state index is 12.8. The van der Waals surface area contributed by atoms with Crippen LogP contribution in [0.3, 0.4) is 0 Å². The summed E-state index contributed by atoms with van der Waals surface area (Å²) < 4.78 is 11.1. The molecule has 0 spiro atoms. The summed E-state index contributed by atoms with van der Waals surface area (Å²) in [7, 11) is 1.77. The molecule has 5 nitrogen and oxygen atoms in total. The molecule has 0 unspecified atom stereocenters. The minimum Gasteiger partial charge on any atom is -0.486 e. The van der Waals surface area contributed by atoms with E-state index in [9.17, 15) is 4.79 Å². The molecule has 0 radical (unpaired) electrons. The normalized spacial score (nSPS) is 12.7.